The second kappa shape index (κ2) is 6.52. The summed E-state index contributed by atoms with van der Waals surface area (Å²) in [7, 11) is 4.11. The topological polar surface area (TPSA) is 57.3 Å². The van der Waals surface area contributed by atoms with Gasteiger partial charge in [0.2, 0.25) is 0 Å². The number of hydrogen-bond acceptors (Lipinski definition) is 4. The van der Waals surface area contributed by atoms with E-state index in [1.165, 1.54) is 0 Å². The Bertz CT molecular complexity index is 429. The summed E-state index contributed by atoms with van der Waals surface area (Å²) in [5, 5.41) is 6.22. The fourth-order valence-electron chi connectivity index (χ4n) is 1.78. The van der Waals surface area contributed by atoms with Crippen LogP contribution in [0.3, 0.4) is 0 Å². The molecule has 5 heteroatoms. The Morgan fingerprint density at radius 1 is 1.47 bits per heavy atom. The molecule has 1 aromatic rings. The smallest absolute Gasteiger partial charge is 0.251 e. The zero-order valence-corrected chi connectivity index (χ0v) is 11.6. The van der Waals surface area contributed by atoms with Gasteiger partial charge in [-0.1, -0.05) is 0 Å². The number of carbonyl (C=O) groups is 1. The molecule has 19 heavy (non-hydrogen) atoms. The highest BCUT2D eigenvalue weighted by molar-refractivity contribution is 5.95. The molecule has 0 unspecified atom stereocenters. The molecule has 2 rings (SSSR count). The van der Waals surface area contributed by atoms with Crippen molar-refractivity contribution < 1.29 is 4.79 Å². The summed E-state index contributed by atoms with van der Waals surface area (Å²) in [6, 6.07) is 3.95. The van der Waals surface area contributed by atoms with Crippen molar-refractivity contribution in [2.75, 3.05) is 32.5 Å². The molecule has 0 bridgehead atoms. The van der Waals surface area contributed by atoms with Crippen LogP contribution < -0.4 is 10.6 Å². The molecule has 0 spiro atoms. The van der Waals surface area contributed by atoms with Crippen LogP contribution in [0.1, 0.15) is 29.6 Å². The Kier molecular flexibility index (Phi) is 4.74. The lowest BCUT2D eigenvalue weighted by Crippen LogP contribution is -2.25. The van der Waals surface area contributed by atoms with Crippen molar-refractivity contribution in [2.45, 2.75) is 25.3 Å². The minimum Gasteiger partial charge on any atom is -0.370 e. The molecule has 1 fully saturated rings. The first-order chi connectivity index (χ1) is 9.15. The van der Waals surface area contributed by atoms with Crippen molar-refractivity contribution in [1.29, 1.82) is 0 Å². The predicted molar refractivity (Wildman–Crippen MR) is 76.4 cm³/mol. The minimum absolute atomic E-state index is 0.00115. The van der Waals surface area contributed by atoms with E-state index in [9.17, 15) is 4.79 Å². The van der Waals surface area contributed by atoms with E-state index >= 15 is 0 Å². The number of anilines is 1. The largest absolute Gasteiger partial charge is 0.370 e. The number of amides is 1. The number of nitrogens with zero attached hydrogens (tertiary/aromatic N) is 2. The van der Waals surface area contributed by atoms with Crippen LogP contribution in [0.15, 0.2) is 18.3 Å². The average Bonchev–Trinajstić information content (AvgIpc) is 3.19. The Balaban J connectivity index is 1.82. The molecule has 1 aliphatic rings. The summed E-state index contributed by atoms with van der Waals surface area (Å²) in [5.74, 6) is 0.767. The molecule has 2 N–H and O–H groups in total. The number of nitrogens with one attached hydrogen (secondary N) is 2. The monoisotopic (exact) mass is 262 g/mol. The molecule has 0 atom stereocenters. The summed E-state index contributed by atoms with van der Waals surface area (Å²) in [4.78, 5) is 18.3. The van der Waals surface area contributed by atoms with E-state index in [1.54, 1.807) is 12.3 Å². The maximum Gasteiger partial charge on any atom is 0.251 e. The molecule has 1 heterocycles. The maximum atomic E-state index is 11.9. The van der Waals surface area contributed by atoms with Gasteiger partial charge in [-0.15, -0.1) is 0 Å². The van der Waals surface area contributed by atoms with Crippen molar-refractivity contribution in [3.63, 3.8) is 0 Å². The average molecular weight is 262 g/mol. The summed E-state index contributed by atoms with van der Waals surface area (Å²) < 4.78 is 0. The predicted octanol–water partition coefficient (Wildman–Crippen LogP) is 1.34. The molecule has 1 aliphatic carbocycles. The van der Waals surface area contributed by atoms with Gasteiger partial charge in [0.05, 0.1) is 0 Å². The molecule has 1 amide bonds. The summed E-state index contributed by atoms with van der Waals surface area (Å²) >= 11 is 0. The van der Waals surface area contributed by atoms with E-state index < -0.39 is 0 Å². The van der Waals surface area contributed by atoms with Crippen LogP contribution in [-0.4, -0.2) is 49.0 Å². The molecule has 1 saturated carbocycles. The lowest BCUT2D eigenvalue weighted by molar-refractivity contribution is 0.0951. The van der Waals surface area contributed by atoms with Crippen LogP contribution >= 0.6 is 0 Å². The number of rotatable bonds is 7. The first-order valence-electron chi connectivity index (χ1n) is 6.80. The highest BCUT2D eigenvalue weighted by Crippen LogP contribution is 2.19. The third kappa shape index (κ3) is 4.87. The molecule has 104 valence electrons. The fourth-order valence-corrected chi connectivity index (χ4v) is 1.78. The highest BCUT2D eigenvalue weighted by atomic mass is 16.1. The second-order valence-electron chi connectivity index (χ2n) is 5.26. The SMILES string of the molecule is CN(C)CCCNc1cc(C(=O)NC2CC2)ccn1. The first kappa shape index (κ1) is 13.8. The zero-order valence-electron chi connectivity index (χ0n) is 11.6. The maximum absolute atomic E-state index is 11.9. The van der Waals surface area contributed by atoms with Gasteiger partial charge in [-0.25, -0.2) is 4.98 Å². The Hall–Kier alpha value is -1.62. The van der Waals surface area contributed by atoms with E-state index in [0.717, 1.165) is 38.2 Å². The van der Waals surface area contributed by atoms with Crippen LogP contribution in [0.2, 0.25) is 0 Å². The number of aromatic nitrogens is 1. The van der Waals surface area contributed by atoms with Gasteiger partial charge in [0.25, 0.3) is 5.91 Å². The van der Waals surface area contributed by atoms with E-state index in [-0.39, 0.29) is 5.91 Å². The van der Waals surface area contributed by atoms with Gasteiger partial charge < -0.3 is 15.5 Å². The third-order valence-electron chi connectivity index (χ3n) is 3.02. The molecule has 5 nitrogen and oxygen atoms in total. The van der Waals surface area contributed by atoms with Crippen molar-refractivity contribution in [1.82, 2.24) is 15.2 Å². The molecule has 0 aliphatic heterocycles. The van der Waals surface area contributed by atoms with E-state index in [1.807, 2.05) is 6.07 Å². The van der Waals surface area contributed by atoms with Gasteiger partial charge >= 0.3 is 0 Å². The summed E-state index contributed by atoms with van der Waals surface area (Å²) in [5.41, 5.74) is 0.678. The van der Waals surface area contributed by atoms with Crippen LogP contribution in [0.4, 0.5) is 5.82 Å². The van der Waals surface area contributed by atoms with Crippen molar-refractivity contribution in [3.05, 3.63) is 23.9 Å². The van der Waals surface area contributed by atoms with Crippen molar-refractivity contribution >= 4 is 11.7 Å². The van der Waals surface area contributed by atoms with Crippen molar-refractivity contribution in [3.8, 4) is 0 Å². The summed E-state index contributed by atoms with van der Waals surface area (Å²) in [6.45, 7) is 1.90. The highest BCUT2D eigenvalue weighted by Gasteiger charge is 2.23. The van der Waals surface area contributed by atoms with Crippen LogP contribution in [0, 0.1) is 0 Å². The lowest BCUT2D eigenvalue weighted by atomic mass is 10.2. The Morgan fingerprint density at radius 3 is 2.95 bits per heavy atom. The van der Waals surface area contributed by atoms with E-state index in [2.05, 4.69) is 34.6 Å². The van der Waals surface area contributed by atoms with Gasteiger partial charge in [0.15, 0.2) is 0 Å². The molecular weight excluding hydrogens is 240 g/mol. The number of pyridine rings is 1. The first-order valence-corrected chi connectivity index (χ1v) is 6.80. The molecule has 0 aromatic carbocycles. The molecule has 0 saturated heterocycles. The van der Waals surface area contributed by atoms with Gasteiger partial charge in [0, 0.05) is 24.3 Å². The van der Waals surface area contributed by atoms with Gasteiger partial charge in [-0.05, 0) is 52.0 Å². The van der Waals surface area contributed by atoms with Crippen LogP contribution in [-0.2, 0) is 0 Å². The van der Waals surface area contributed by atoms with Crippen LogP contribution in [0.25, 0.3) is 0 Å². The minimum atomic E-state index is 0.00115. The third-order valence-corrected chi connectivity index (χ3v) is 3.02. The van der Waals surface area contributed by atoms with Gasteiger partial charge in [0.1, 0.15) is 5.82 Å². The number of hydrogen-bond donors (Lipinski definition) is 2. The Labute approximate surface area is 114 Å². The fraction of sp³-hybridized carbons (Fsp3) is 0.571. The van der Waals surface area contributed by atoms with Crippen LogP contribution in [0.5, 0.6) is 0 Å². The zero-order chi connectivity index (χ0) is 13.7. The standard InChI is InChI=1S/C14H22N4O/c1-18(2)9-3-7-15-13-10-11(6-8-16-13)14(19)17-12-4-5-12/h6,8,10,12H,3-5,7,9H2,1-2H3,(H,15,16)(H,17,19). The quantitative estimate of drug-likeness (QED) is 0.728. The Morgan fingerprint density at radius 2 is 2.26 bits per heavy atom. The normalized spacial score (nSPS) is 14.5. The summed E-state index contributed by atoms with van der Waals surface area (Å²) in [6.07, 6.45) is 4.93. The molecule has 0 radical (unpaired) electrons. The van der Waals surface area contributed by atoms with Crippen molar-refractivity contribution in [2.24, 2.45) is 0 Å². The molecule has 1 aromatic heterocycles. The lowest BCUT2D eigenvalue weighted by Gasteiger charge is -2.10. The van der Waals surface area contributed by atoms with E-state index in [4.69, 9.17) is 0 Å². The van der Waals surface area contributed by atoms with E-state index in [0.29, 0.717) is 11.6 Å². The molecular formula is C14H22N4O. The van der Waals surface area contributed by atoms with Gasteiger partial charge in [-0.3, -0.25) is 4.79 Å². The second-order valence-corrected chi connectivity index (χ2v) is 5.26. The van der Waals surface area contributed by atoms with Gasteiger partial charge in [-0.2, -0.15) is 0 Å². The number of carbonyl (C=O) groups excluding carboxylic acids is 1.